The molecular weight excluding hydrogens is 321 g/mol. The van der Waals surface area contributed by atoms with Gasteiger partial charge in [-0.2, -0.15) is 0 Å². The van der Waals surface area contributed by atoms with Crippen molar-refractivity contribution in [3.63, 3.8) is 0 Å². The second-order valence-corrected chi connectivity index (χ2v) is 4.92. The van der Waals surface area contributed by atoms with Crippen LogP contribution in [0.1, 0.15) is 11.1 Å². The molecule has 0 aliphatic heterocycles. The van der Waals surface area contributed by atoms with Crippen molar-refractivity contribution >= 4 is 27.5 Å². The lowest BCUT2D eigenvalue weighted by Gasteiger charge is -2.09. The summed E-state index contributed by atoms with van der Waals surface area (Å²) < 4.78 is 20.3. The topological polar surface area (TPSA) is 22.1 Å². The van der Waals surface area contributed by atoms with Gasteiger partial charge in [0.2, 0.25) is 0 Å². The summed E-state index contributed by atoms with van der Waals surface area (Å²) in [6.07, 6.45) is 1.48. The Kier molecular flexibility index (Phi) is 4.19. The first-order chi connectivity index (χ1) is 8.61. The molecule has 0 spiro atoms. The molecule has 0 atom stereocenters. The molecule has 1 aromatic heterocycles. The summed E-state index contributed by atoms with van der Waals surface area (Å²) in [7, 11) is 0. The van der Waals surface area contributed by atoms with Gasteiger partial charge < -0.3 is 4.74 Å². The molecule has 94 valence electrons. The minimum Gasteiger partial charge on any atom is -0.436 e. The van der Waals surface area contributed by atoms with Gasteiger partial charge in [-0.25, -0.2) is 9.37 Å². The van der Waals surface area contributed by atoms with Gasteiger partial charge in [0.05, 0.1) is 5.88 Å². The Bertz CT molecular complexity index is 577. The zero-order chi connectivity index (χ0) is 13.1. The minimum absolute atomic E-state index is 0.0569. The van der Waals surface area contributed by atoms with Crippen molar-refractivity contribution in [2.45, 2.75) is 12.8 Å². The summed E-state index contributed by atoms with van der Waals surface area (Å²) in [5.41, 5.74) is 1.26. The summed E-state index contributed by atoms with van der Waals surface area (Å²) in [6.45, 7) is 1.88. The van der Waals surface area contributed by atoms with Crippen LogP contribution in [-0.2, 0) is 5.88 Å². The first-order valence-corrected chi connectivity index (χ1v) is 6.58. The van der Waals surface area contributed by atoms with Crippen molar-refractivity contribution in [2.24, 2.45) is 0 Å². The predicted octanol–water partition coefficient (Wildman–Crippen LogP) is 4.82. The Balaban J connectivity index is 2.34. The number of nitrogens with zero attached hydrogens (tertiary/aromatic N) is 1. The third kappa shape index (κ3) is 2.82. The van der Waals surface area contributed by atoms with Gasteiger partial charge in [0, 0.05) is 16.2 Å². The molecule has 0 fully saturated rings. The van der Waals surface area contributed by atoms with E-state index in [2.05, 4.69) is 20.9 Å². The zero-order valence-corrected chi connectivity index (χ0v) is 11.9. The number of rotatable bonds is 3. The van der Waals surface area contributed by atoms with Gasteiger partial charge in [0.15, 0.2) is 5.82 Å². The summed E-state index contributed by atoms with van der Waals surface area (Å²) in [5.74, 6) is 0.0778. The van der Waals surface area contributed by atoms with Crippen LogP contribution in [0.25, 0.3) is 0 Å². The molecule has 2 rings (SSSR count). The first-order valence-electron chi connectivity index (χ1n) is 5.25. The molecule has 1 aromatic carbocycles. The molecular formula is C13H10BrClFNO. The summed E-state index contributed by atoms with van der Waals surface area (Å²) in [6, 6.07) is 7.00. The number of hydrogen-bond donors (Lipinski definition) is 0. The second-order valence-electron chi connectivity index (χ2n) is 3.73. The normalized spacial score (nSPS) is 10.4. The molecule has 0 unspecified atom stereocenters. The number of hydrogen-bond acceptors (Lipinski definition) is 2. The van der Waals surface area contributed by atoms with Gasteiger partial charge in [-0.1, -0.05) is 15.9 Å². The molecule has 0 aliphatic rings. The van der Waals surface area contributed by atoms with Gasteiger partial charge in [-0.3, -0.25) is 0 Å². The van der Waals surface area contributed by atoms with Crippen molar-refractivity contribution in [3.8, 4) is 11.6 Å². The molecule has 0 aliphatic carbocycles. The van der Waals surface area contributed by atoms with Gasteiger partial charge in [0.1, 0.15) is 5.75 Å². The van der Waals surface area contributed by atoms with Crippen molar-refractivity contribution in [2.75, 3.05) is 0 Å². The van der Waals surface area contributed by atoms with Crippen molar-refractivity contribution < 1.29 is 9.13 Å². The number of aryl methyl sites for hydroxylation is 1. The highest BCUT2D eigenvalue weighted by Crippen LogP contribution is 2.28. The fourth-order valence-corrected chi connectivity index (χ4v) is 2.15. The number of halogens is 3. The first kappa shape index (κ1) is 13.3. The molecule has 0 radical (unpaired) electrons. The summed E-state index contributed by atoms with van der Waals surface area (Å²) in [5, 5.41) is 0. The van der Waals surface area contributed by atoms with E-state index in [0.717, 1.165) is 10.0 Å². The van der Waals surface area contributed by atoms with Crippen LogP contribution < -0.4 is 4.74 Å². The summed E-state index contributed by atoms with van der Waals surface area (Å²) >= 11 is 8.99. The number of pyridine rings is 1. The lowest BCUT2D eigenvalue weighted by molar-refractivity contribution is 0.417. The van der Waals surface area contributed by atoms with E-state index in [1.807, 2.05) is 19.1 Å². The maximum atomic E-state index is 13.9. The Morgan fingerprint density at radius 3 is 2.83 bits per heavy atom. The highest BCUT2D eigenvalue weighted by molar-refractivity contribution is 9.10. The monoisotopic (exact) mass is 329 g/mol. The largest absolute Gasteiger partial charge is 0.436 e. The van der Waals surface area contributed by atoms with E-state index in [-0.39, 0.29) is 11.8 Å². The average Bonchev–Trinajstić information content (AvgIpc) is 2.35. The molecule has 1 heterocycles. The second kappa shape index (κ2) is 5.67. The predicted molar refractivity (Wildman–Crippen MR) is 72.7 cm³/mol. The lowest BCUT2D eigenvalue weighted by atomic mass is 10.2. The van der Waals surface area contributed by atoms with E-state index in [9.17, 15) is 4.39 Å². The zero-order valence-electron chi connectivity index (χ0n) is 9.58. The molecule has 18 heavy (non-hydrogen) atoms. The van der Waals surface area contributed by atoms with Crippen LogP contribution in [0.4, 0.5) is 4.39 Å². The molecule has 0 N–H and O–H groups in total. The van der Waals surface area contributed by atoms with Crippen molar-refractivity contribution in [1.82, 2.24) is 4.98 Å². The van der Waals surface area contributed by atoms with E-state index >= 15 is 0 Å². The lowest BCUT2D eigenvalue weighted by Crippen LogP contribution is -1.96. The molecule has 0 amide bonds. The van der Waals surface area contributed by atoms with Crippen LogP contribution in [0.2, 0.25) is 0 Å². The third-order valence-corrected chi connectivity index (χ3v) is 3.21. The SMILES string of the molecule is Cc1cc(Br)ccc1Oc1nccc(CCl)c1F. The van der Waals surface area contributed by atoms with Crippen LogP contribution in [0.15, 0.2) is 34.9 Å². The summed E-state index contributed by atoms with van der Waals surface area (Å²) in [4.78, 5) is 3.88. The van der Waals surface area contributed by atoms with Gasteiger partial charge >= 0.3 is 0 Å². The van der Waals surface area contributed by atoms with E-state index in [1.54, 1.807) is 6.07 Å². The Morgan fingerprint density at radius 2 is 2.17 bits per heavy atom. The van der Waals surface area contributed by atoms with E-state index in [1.165, 1.54) is 12.3 Å². The molecule has 5 heteroatoms. The van der Waals surface area contributed by atoms with Gasteiger partial charge in [0.25, 0.3) is 5.88 Å². The Morgan fingerprint density at radius 1 is 1.39 bits per heavy atom. The minimum atomic E-state index is -0.519. The van der Waals surface area contributed by atoms with Crippen LogP contribution in [0.3, 0.4) is 0 Å². The van der Waals surface area contributed by atoms with Crippen molar-refractivity contribution in [3.05, 3.63) is 51.9 Å². The van der Waals surface area contributed by atoms with Gasteiger partial charge in [-0.15, -0.1) is 11.6 Å². The molecule has 2 nitrogen and oxygen atoms in total. The fourth-order valence-electron chi connectivity index (χ4n) is 1.47. The van der Waals surface area contributed by atoms with Crippen LogP contribution in [-0.4, -0.2) is 4.98 Å². The number of ether oxygens (including phenoxy) is 1. The Labute approximate surface area is 118 Å². The Hall–Kier alpha value is -1.13. The molecule has 0 saturated heterocycles. The number of aromatic nitrogens is 1. The van der Waals surface area contributed by atoms with Crippen molar-refractivity contribution in [1.29, 1.82) is 0 Å². The van der Waals surface area contributed by atoms with E-state index in [4.69, 9.17) is 16.3 Å². The fraction of sp³-hybridized carbons (Fsp3) is 0.154. The molecule has 0 bridgehead atoms. The van der Waals surface area contributed by atoms with Gasteiger partial charge in [-0.05, 0) is 36.8 Å². The smallest absolute Gasteiger partial charge is 0.256 e. The highest BCUT2D eigenvalue weighted by Gasteiger charge is 2.12. The molecule has 0 saturated carbocycles. The van der Waals surface area contributed by atoms with Crippen LogP contribution in [0, 0.1) is 12.7 Å². The standard InChI is InChI=1S/C13H10BrClFNO/c1-8-6-10(14)2-3-11(8)18-13-12(16)9(7-15)4-5-17-13/h2-6H,7H2,1H3. The van der Waals surface area contributed by atoms with Crippen LogP contribution >= 0.6 is 27.5 Å². The molecule has 2 aromatic rings. The van der Waals surface area contributed by atoms with E-state index < -0.39 is 5.82 Å². The average molecular weight is 331 g/mol. The highest BCUT2D eigenvalue weighted by atomic mass is 79.9. The maximum absolute atomic E-state index is 13.9. The van der Waals surface area contributed by atoms with E-state index in [0.29, 0.717) is 11.3 Å². The third-order valence-electron chi connectivity index (χ3n) is 2.42. The van der Waals surface area contributed by atoms with Crippen LogP contribution in [0.5, 0.6) is 11.6 Å². The maximum Gasteiger partial charge on any atom is 0.256 e. The number of benzene rings is 1. The quantitative estimate of drug-likeness (QED) is 0.753. The number of alkyl halides is 1.